The summed E-state index contributed by atoms with van der Waals surface area (Å²) in [6, 6.07) is 12.0. The first-order valence-corrected chi connectivity index (χ1v) is 15.1. The highest BCUT2D eigenvalue weighted by Crippen LogP contribution is 2.29. The standard InChI is InChI=1S/C27H34Br2Cl2N4O/c28-21-5-7-26(23(29)17-21)33-27(36)32-18-20(19-4-6-24(30)25(31)16-19)8-13-34-14-9-22(10-15-34)35-11-2-1-3-12-35/h4-7,16-17,20,22H,1-3,8-15,18H2,(H2,32,33,36). The minimum atomic E-state index is -0.231. The predicted octanol–water partition coefficient (Wildman–Crippen LogP) is 7.76. The van der Waals surface area contributed by atoms with Crippen LogP contribution in [0.3, 0.4) is 0 Å². The molecule has 2 aliphatic heterocycles. The number of likely N-dealkylation sites (tertiary alicyclic amines) is 2. The van der Waals surface area contributed by atoms with E-state index >= 15 is 0 Å². The van der Waals surface area contributed by atoms with Crippen molar-refractivity contribution in [3.05, 3.63) is 61.0 Å². The molecule has 2 aliphatic rings. The number of nitrogens with one attached hydrogen (secondary N) is 2. The first kappa shape index (κ1) is 28.2. The third-order valence-corrected chi connectivity index (χ3v) is 9.25. The summed E-state index contributed by atoms with van der Waals surface area (Å²) in [6.07, 6.45) is 7.53. The lowest BCUT2D eigenvalue weighted by Crippen LogP contribution is -2.47. The van der Waals surface area contributed by atoms with E-state index in [0.717, 1.165) is 52.3 Å². The van der Waals surface area contributed by atoms with E-state index < -0.39 is 0 Å². The molecule has 0 radical (unpaired) electrons. The molecule has 5 nitrogen and oxygen atoms in total. The Labute approximate surface area is 241 Å². The summed E-state index contributed by atoms with van der Waals surface area (Å²) in [4.78, 5) is 18.0. The molecule has 2 saturated heterocycles. The third kappa shape index (κ3) is 8.08. The van der Waals surface area contributed by atoms with Gasteiger partial charge in [-0.05, 0) is 117 Å². The van der Waals surface area contributed by atoms with E-state index in [9.17, 15) is 4.79 Å². The number of hydrogen-bond donors (Lipinski definition) is 2. The second kappa shape index (κ2) is 13.8. The summed E-state index contributed by atoms with van der Waals surface area (Å²) in [5.41, 5.74) is 1.82. The summed E-state index contributed by atoms with van der Waals surface area (Å²) in [7, 11) is 0. The summed E-state index contributed by atoms with van der Waals surface area (Å²) in [5, 5.41) is 7.08. The maximum atomic E-state index is 12.7. The number of amides is 2. The molecular weight excluding hydrogens is 627 g/mol. The Balaban J connectivity index is 1.32. The van der Waals surface area contributed by atoms with E-state index in [0.29, 0.717) is 16.6 Å². The molecule has 0 saturated carbocycles. The zero-order valence-electron chi connectivity index (χ0n) is 20.4. The van der Waals surface area contributed by atoms with Gasteiger partial charge in [-0.25, -0.2) is 4.79 Å². The van der Waals surface area contributed by atoms with E-state index in [2.05, 4.69) is 52.3 Å². The number of carbonyl (C=O) groups is 1. The van der Waals surface area contributed by atoms with E-state index in [-0.39, 0.29) is 11.9 Å². The second-order valence-corrected chi connectivity index (χ2v) is 12.4. The number of hydrogen-bond acceptors (Lipinski definition) is 3. The fourth-order valence-corrected chi connectivity index (χ4v) is 6.71. The largest absolute Gasteiger partial charge is 0.337 e. The Bertz CT molecular complexity index is 1030. The topological polar surface area (TPSA) is 47.6 Å². The van der Waals surface area contributed by atoms with Crippen LogP contribution >= 0.6 is 55.1 Å². The highest BCUT2D eigenvalue weighted by Gasteiger charge is 2.26. The Morgan fingerprint density at radius 2 is 1.72 bits per heavy atom. The molecule has 0 aromatic heterocycles. The molecule has 0 aliphatic carbocycles. The van der Waals surface area contributed by atoms with Gasteiger partial charge in [0.1, 0.15) is 0 Å². The fraction of sp³-hybridized carbons (Fsp3) is 0.519. The zero-order chi connectivity index (χ0) is 25.5. The smallest absolute Gasteiger partial charge is 0.319 e. The van der Waals surface area contributed by atoms with Gasteiger partial charge in [-0.1, -0.05) is 51.6 Å². The molecule has 4 rings (SSSR count). The van der Waals surface area contributed by atoms with Crippen LogP contribution in [-0.2, 0) is 0 Å². The zero-order valence-corrected chi connectivity index (χ0v) is 25.1. The van der Waals surface area contributed by atoms with Crippen molar-refractivity contribution in [3.63, 3.8) is 0 Å². The first-order chi connectivity index (χ1) is 17.4. The Hall–Kier alpha value is -0.830. The minimum absolute atomic E-state index is 0.138. The van der Waals surface area contributed by atoms with Gasteiger partial charge in [-0.2, -0.15) is 0 Å². The number of benzene rings is 2. The van der Waals surface area contributed by atoms with Gasteiger partial charge in [0, 0.05) is 27.4 Å². The van der Waals surface area contributed by atoms with Gasteiger partial charge >= 0.3 is 6.03 Å². The molecule has 9 heteroatoms. The van der Waals surface area contributed by atoms with Crippen molar-refractivity contribution in [3.8, 4) is 0 Å². The molecular formula is C27H34Br2Cl2N4O. The van der Waals surface area contributed by atoms with Gasteiger partial charge < -0.3 is 20.4 Å². The van der Waals surface area contributed by atoms with Gasteiger partial charge in [0.05, 0.1) is 15.7 Å². The average molecular weight is 661 g/mol. The van der Waals surface area contributed by atoms with Crippen molar-refractivity contribution in [2.24, 2.45) is 0 Å². The van der Waals surface area contributed by atoms with Gasteiger partial charge in [-0.3, -0.25) is 0 Å². The SMILES string of the molecule is O=C(NCC(CCN1CCC(N2CCCCC2)CC1)c1ccc(Cl)c(Cl)c1)Nc1ccc(Br)cc1Br. The Morgan fingerprint density at radius 1 is 0.972 bits per heavy atom. The van der Waals surface area contributed by atoms with Crippen molar-refractivity contribution in [1.82, 2.24) is 15.1 Å². The Kier molecular flexibility index (Phi) is 10.8. The van der Waals surface area contributed by atoms with E-state index in [1.54, 1.807) is 0 Å². The summed E-state index contributed by atoms with van der Waals surface area (Å²) < 4.78 is 1.76. The van der Waals surface area contributed by atoms with E-state index in [1.165, 1.54) is 45.2 Å². The summed E-state index contributed by atoms with van der Waals surface area (Å²) in [5.74, 6) is 0.138. The molecule has 0 bridgehead atoms. The van der Waals surface area contributed by atoms with Gasteiger partial charge in [-0.15, -0.1) is 0 Å². The molecule has 1 atom stereocenters. The van der Waals surface area contributed by atoms with Crippen LogP contribution in [0.25, 0.3) is 0 Å². The number of carbonyl (C=O) groups excluding carboxylic acids is 1. The molecule has 2 aromatic rings. The van der Waals surface area contributed by atoms with Gasteiger partial charge in [0.15, 0.2) is 0 Å². The number of rotatable bonds is 8. The molecule has 2 heterocycles. The van der Waals surface area contributed by atoms with E-state index in [1.807, 2.05) is 36.4 Å². The van der Waals surface area contributed by atoms with Crippen LogP contribution in [0.4, 0.5) is 10.5 Å². The molecule has 2 fully saturated rings. The molecule has 2 N–H and O–H groups in total. The van der Waals surface area contributed by atoms with Crippen LogP contribution in [-0.4, -0.2) is 61.1 Å². The molecule has 0 spiro atoms. The lowest BCUT2D eigenvalue weighted by molar-refractivity contribution is 0.0912. The van der Waals surface area contributed by atoms with Crippen LogP contribution in [0.15, 0.2) is 45.3 Å². The van der Waals surface area contributed by atoms with Crippen molar-refractivity contribution in [2.75, 3.05) is 44.6 Å². The maximum absolute atomic E-state index is 12.7. The Morgan fingerprint density at radius 3 is 2.42 bits per heavy atom. The van der Waals surface area contributed by atoms with Crippen LogP contribution in [0.5, 0.6) is 0 Å². The van der Waals surface area contributed by atoms with Crippen LogP contribution in [0, 0.1) is 0 Å². The summed E-state index contributed by atoms with van der Waals surface area (Å²) >= 11 is 19.4. The number of urea groups is 1. The normalized spacial score (nSPS) is 18.7. The number of piperidine rings is 2. The minimum Gasteiger partial charge on any atom is -0.337 e. The molecule has 1 unspecified atom stereocenters. The maximum Gasteiger partial charge on any atom is 0.319 e. The van der Waals surface area contributed by atoms with Gasteiger partial charge in [0.25, 0.3) is 0 Å². The van der Waals surface area contributed by atoms with Crippen molar-refractivity contribution in [2.45, 2.75) is 50.5 Å². The lowest BCUT2D eigenvalue weighted by atomic mass is 9.94. The highest BCUT2D eigenvalue weighted by atomic mass is 79.9. The van der Waals surface area contributed by atoms with Crippen LogP contribution in [0.1, 0.15) is 50.0 Å². The molecule has 196 valence electrons. The van der Waals surface area contributed by atoms with Crippen LogP contribution < -0.4 is 10.6 Å². The fourth-order valence-electron chi connectivity index (χ4n) is 5.26. The average Bonchev–Trinajstić information content (AvgIpc) is 2.88. The highest BCUT2D eigenvalue weighted by molar-refractivity contribution is 9.11. The second-order valence-electron chi connectivity index (χ2n) is 9.79. The molecule has 2 aromatic carbocycles. The quantitative estimate of drug-likeness (QED) is 0.304. The third-order valence-electron chi connectivity index (χ3n) is 7.36. The van der Waals surface area contributed by atoms with Crippen molar-refractivity contribution < 1.29 is 4.79 Å². The number of anilines is 1. The first-order valence-electron chi connectivity index (χ1n) is 12.8. The number of nitrogens with zero attached hydrogens (tertiary/aromatic N) is 2. The number of halogens is 4. The lowest BCUT2D eigenvalue weighted by Gasteiger charge is -2.40. The molecule has 36 heavy (non-hydrogen) atoms. The van der Waals surface area contributed by atoms with Crippen molar-refractivity contribution in [1.29, 1.82) is 0 Å². The molecule has 2 amide bonds. The monoisotopic (exact) mass is 658 g/mol. The predicted molar refractivity (Wildman–Crippen MR) is 158 cm³/mol. The van der Waals surface area contributed by atoms with Crippen molar-refractivity contribution >= 4 is 66.8 Å². The van der Waals surface area contributed by atoms with E-state index in [4.69, 9.17) is 23.2 Å². The van der Waals surface area contributed by atoms with Gasteiger partial charge in [0.2, 0.25) is 0 Å². The summed E-state index contributed by atoms with van der Waals surface area (Å²) in [6.45, 7) is 6.34. The van der Waals surface area contributed by atoms with Crippen LogP contribution in [0.2, 0.25) is 10.0 Å².